The molecule has 2 aromatic rings. The second-order valence-electron chi connectivity index (χ2n) is 6.91. The summed E-state index contributed by atoms with van der Waals surface area (Å²) in [4.78, 5) is 18.8. The first-order chi connectivity index (χ1) is 12.7. The molecule has 0 radical (unpaired) electrons. The summed E-state index contributed by atoms with van der Waals surface area (Å²) in [6, 6.07) is 11.8. The van der Waals surface area contributed by atoms with Crippen molar-refractivity contribution in [3.63, 3.8) is 0 Å². The van der Waals surface area contributed by atoms with Crippen LogP contribution in [0.4, 0.5) is 0 Å². The first-order valence-corrected chi connectivity index (χ1v) is 9.24. The average Bonchev–Trinajstić information content (AvgIpc) is 2.69. The van der Waals surface area contributed by atoms with Gasteiger partial charge >= 0.3 is 0 Å². The van der Waals surface area contributed by atoms with Crippen molar-refractivity contribution in [1.82, 2.24) is 15.2 Å². The van der Waals surface area contributed by atoms with Gasteiger partial charge in [0, 0.05) is 25.5 Å². The molecule has 3 rings (SSSR count). The molecule has 0 saturated carbocycles. The number of carbonyl (C=O) groups is 1. The zero-order chi connectivity index (χ0) is 18.2. The lowest BCUT2D eigenvalue weighted by atomic mass is 9.96. The molecule has 5 heteroatoms. The average molecular weight is 353 g/mol. The fourth-order valence-electron chi connectivity index (χ4n) is 3.35. The minimum atomic E-state index is 0.0907. The van der Waals surface area contributed by atoms with Gasteiger partial charge in [-0.05, 0) is 61.2 Å². The van der Waals surface area contributed by atoms with Crippen LogP contribution in [-0.4, -0.2) is 42.5 Å². The third-order valence-corrected chi connectivity index (χ3v) is 4.95. The van der Waals surface area contributed by atoms with Crippen molar-refractivity contribution in [2.45, 2.75) is 25.8 Å². The van der Waals surface area contributed by atoms with Gasteiger partial charge in [0.2, 0.25) is 5.91 Å². The third kappa shape index (κ3) is 5.56. The highest BCUT2D eigenvalue weighted by molar-refractivity contribution is 5.78. The van der Waals surface area contributed by atoms with Crippen LogP contribution in [0, 0.1) is 5.92 Å². The van der Waals surface area contributed by atoms with Crippen LogP contribution in [0.15, 0.2) is 48.8 Å². The molecule has 1 fully saturated rings. The Morgan fingerprint density at radius 2 is 1.96 bits per heavy atom. The van der Waals surface area contributed by atoms with E-state index < -0.39 is 0 Å². The van der Waals surface area contributed by atoms with E-state index >= 15 is 0 Å². The lowest BCUT2D eigenvalue weighted by Gasteiger charge is -2.32. The van der Waals surface area contributed by atoms with E-state index in [0.717, 1.165) is 50.3 Å². The van der Waals surface area contributed by atoms with Gasteiger partial charge < -0.3 is 10.1 Å². The second kappa shape index (κ2) is 9.34. The number of hydrogen-bond donors (Lipinski definition) is 1. The molecule has 5 nitrogen and oxygen atoms in total. The van der Waals surface area contributed by atoms with Crippen LogP contribution >= 0.6 is 0 Å². The van der Waals surface area contributed by atoms with E-state index in [1.807, 2.05) is 42.7 Å². The minimum Gasteiger partial charge on any atom is -0.497 e. The summed E-state index contributed by atoms with van der Waals surface area (Å²) >= 11 is 0. The summed E-state index contributed by atoms with van der Waals surface area (Å²) in [7, 11) is 1.64. The molecule has 0 spiro atoms. The van der Waals surface area contributed by atoms with E-state index in [1.54, 1.807) is 7.11 Å². The lowest BCUT2D eigenvalue weighted by Crippen LogP contribution is -2.38. The molecule has 0 bridgehead atoms. The van der Waals surface area contributed by atoms with Crippen LogP contribution < -0.4 is 10.1 Å². The van der Waals surface area contributed by atoms with Crippen LogP contribution in [0.5, 0.6) is 5.75 Å². The Kier molecular flexibility index (Phi) is 6.61. The van der Waals surface area contributed by atoms with Crippen molar-refractivity contribution < 1.29 is 9.53 Å². The molecule has 1 aliphatic rings. The maximum Gasteiger partial charge on any atom is 0.224 e. The van der Waals surface area contributed by atoms with Crippen LogP contribution in [0.2, 0.25) is 0 Å². The van der Waals surface area contributed by atoms with E-state index in [4.69, 9.17) is 4.74 Å². The number of hydrogen-bond acceptors (Lipinski definition) is 4. The first-order valence-electron chi connectivity index (χ1n) is 9.24. The number of piperidine rings is 1. The smallest absolute Gasteiger partial charge is 0.224 e. The largest absolute Gasteiger partial charge is 0.497 e. The molecule has 1 aromatic heterocycles. The first kappa shape index (κ1) is 18.4. The van der Waals surface area contributed by atoms with Crippen molar-refractivity contribution >= 4 is 5.91 Å². The molecule has 0 atom stereocenters. The molecule has 0 aliphatic carbocycles. The van der Waals surface area contributed by atoms with Gasteiger partial charge in [-0.1, -0.05) is 18.2 Å². The highest BCUT2D eigenvalue weighted by Gasteiger charge is 2.19. The number of amides is 1. The second-order valence-corrected chi connectivity index (χ2v) is 6.91. The van der Waals surface area contributed by atoms with E-state index in [1.165, 1.54) is 5.56 Å². The van der Waals surface area contributed by atoms with Gasteiger partial charge in [0.25, 0.3) is 0 Å². The fourth-order valence-corrected chi connectivity index (χ4v) is 3.35. The third-order valence-electron chi connectivity index (χ3n) is 4.95. The Morgan fingerprint density at radius 1 is 1.19 bits per heavy atom. The van der Waals surface area contributed by atoms with Crippen LogP contribution in [0.1, 0.15) is 24.0 Å². The number of nitrogens with zero attached hydrogens (tertiary/aromatic N) is 2. The van der Waals surface area contributed by atoms with Crippen molar-refractivity contribution in [1.29, 1.82) is 0 Å². The Labute approximate surface area is 155 Å². The van der Waals surface area contributed by atoms with E-state index in [2.05, 4.69) is 21.3 Å². The summed E-state index contributed by atoms with van der Waals surface area (Å²) in [6.45, 7) is 3.89. The molecule has 0 unspecified atom stereocenters. The maximum atomic E-state index is 12.2. The van der Waals surface area contributed by atoms with Crippen molar-refractivity contribution in [2.75, 3.05) is 26.7 Å². The number of carbonyl (C=O) groups excluding carboxylic acids is 1. The molecule has 138 valence electrons. The molecule has 1 amide bonds. The fraction of sp³-hybridized carbons (Fsp3) is 0.429. The van der Waals surface area contributed by atoms with Crippen molar-refractivity contribution in [3.8, 4) is 5.75 Å². The zero-order valence-electron chi connectivity index (χ0n) is 15.4. The highest BCUT2D eigenvalue weighted by atomic mass is 16.5. The Morgan fingerprint density at radius 3 is 2.62 bits per heavy atom. The summed E-state index contributed by atoms with van der Waals surface area (Å²) in [5.74, 6) is 1.47. The molecule has 1 N–H and O–H groups in total. The number of aromatic nitrogens is 1. The van der Waals surface area contributed by atoms with Gasteiger partial charge in [-0.15, -0.1) is 0 Å². The number of likely N-dealkylation sites (tertiary alicyclic amines) is 1. The van der Waals surface area contributed by atoms with Crippen molar-refractivity contribution in [3.05, 3.63) is 59.9 Å². The molecule has 1 aliphatic heterocycles. The Bertz CT molecular complexity index is 680. The summed E-state index contributed by atoms with van der Waals surface area (Å²) in [6.07, 6.45) is 6.42. The highest BCUT2D eigenvalue weighted by Crippen LogP contribution is 2.18. The predicted molar refractivity (Wildman–Crippen MR) is 102 cm³/mol. The summed E-state index contributed by atoms with van der Waals surface area (Å²) in [5.41, 5.74) is 2.27. The predicted octanol–water partition coefficient (Wildman–Crippen LogP) is 2.66. The van der Waals surface area contributed by atoms with Gasteiger partial charge in [-0.2, -0.15) is 0 Å². The molecular formula is C21H27N3O2. The monoisotopic (exact) mass is 353 g/mol. The Balaban J connectivity index is 1.35. The molecule has 1 aromatic carbocycles. The van der Waals surface area contributed by atoms with Crippen molar-refractivity contribution in [2.24, 2.45) is 5.92 Å². The quantitative estimate of drug-likeness (QED) is 0.831. The van der Waals surface area contributed by atoms with Gasteiger partial charge in [-0.3, -0.25) is 14.7 Å². The molecule has 26 heavy (non-hydrogen) atoms. The van der Waals surface area contributed by atoms with Crippen LogP contribution in [-0.2, 0) is 17.8 Å². The van der Waals surface area contributed by atoms with Gasteiger partial charge in [0.05, 0.1) is 13.5 Å². The lowest BCUT2D eigenvalue weighted by molar-refractivity contribution is -0.120. The summed E-state index contributed by atoms with van der Waals surface area (Å²) in [5, 5.41) is 3.10. The maximum absolute atomic E-state index is 12.2. The standard InChI is InChI=1S/C21H27N3O2/c1-26-20-6-4-17(5-7-20)13-21(25)23-15-18-8-11-24(12-9-18)16-19-3-2-10-22-14-19/h2-7,10,14,18H,8-9,11-13,15-16H2,1H3,(H,23,25). The number of rotatable bonds is 7. The van der Waals surface area contributed by atoms with Gasteiger partial charge in [0.1, 0.15) is 5.75 Å². The zero-order valence-corrected chi connectivity index (χ0v) is 15.4. The van der Waals surface area contributed by atoms with Gasteiger partial charge in [-0.25, -0.2) is 0 Å². The Hall–Kier alpha value is -2.40. The normalized spacial score (nSPS) is 15.6. The SMILES string of the molecule is COc1ccc(CC(=O)NCC2CCN(Cc3cccnc3)CC2)cc1. The minimum absolute atomic E-state index is 0.0907. The number of benzene rings is 1. The molecule has 2 heterocycles. The number of nitrogens with one attached hydrogen (secondary N) is 1. The van der Waals surface area contributed by atoms with E-state index in [9.17, 15) is 4.79 Å². The number of ether oxygens (including phenoxy) is 1. The number of methoxy groups -OCH3 is 1. The van der Waals surface area contributed by atoms with Crippen LogP contribution in [0.25, 0.3) is 0 Å². The topological polar surface area (TPSA) is 54.5 Å². The van der Waals surface area contributed by atoms with Crippen LogP contribution in [0.3, 0.4) is 0 Å². The van der Waals surface area contributed by atoms with E-state index in [0.29, 0.717) is 12.3 Å². The summed E-state index contributed by atoms with van der Waals surface area (Å²) < 4.78 is 5.14. The van der Waals surface area contributed by atoms with E-state index in [-0.39, 0.29) is 5.91 Å². The van der Waals surface area contributed by atoms with Gasteiger partial charge in [0.15, 0.2) is 0 Å². The molecular weight excluding hydrogens is 326 g/mol. The molecule has 1 saturated heterocycles. The number of pyridine rings is 1.